The molecule has 4 aliphatic rings. The van der Waals surface area contributed by atoms with Gasteiger partial charge in [0.05, 0.1) is 11.4 Å². The van der Waals surface area contributed by atoms with Crippen LogP contribution in [0, 0.1) is 0 Å². The first kappa shape index (κ1) is 56.0. The van der Waals surface area contributed by atoms with Gasteiger partial charge in [0.25, 0.3) is 6.71 Å². The topological polar surface area (TPSA) is 32.8 Å². The SMILES string of the molecule is CC1(C)c2ccc(cc2)-c2cc(-c3ccccc3)cc(-c3ccccc3)c2N2c3cc(-c4ccc5oc6ccccc6c5c4)ccc3B3c4ccc(-c5ccc6oc7ccccc7c6c5)cc4N(c4c(-c5ccccc5)cc(-c5ccccc5)cc4-c4ccccc4)c4cc1cc2c43. The molecule has 6 heterocycles. The Labute approximate surface area is 569 Å². The van der Waals surface area contributed by atoms with Crippen molar-refractivity contribution in [1.29, 1.82) is 0 Å². The minimum absolute atomic E-state index is 0.229. The number of para-hydroxylation sites is 2. The summed E-state index contributed by atoms with van der Waals surface area (Å²) in [6.07, 6.45) is 0. The summed E-state index contributed by atoms with van der Waals surface area (Å²) >= 11 is 0. The van der Waals surface area contributed by atoms with Crippen LogP contribution in [0.4, 0.5) is 34.1 Å². The molecule has 0 unspecified atom stereocenters. The van der Waals surface area contributed by atoms with Crippen molar-refractivity contribution in [3.63, 3.8) is 0 Å². The van der Waals surface area contributed by atoms with Gasteiger partial charge in [-0.2, -0.15) is 0 Å². The summed E-state index contributed by atoms with van der Waals surface area (Å²) in [5.74, 6) is 0. The molecule has 5 heteroatoms. The molecule has 4 aliphatic heterocycles. The maximum absolute atomic E-state index is 6.50. The molecular weight excluding hydrogens is 1190 g/mol. The van der Waals surface area contributed by atoms with Crippen molar-refractivity contribution in [3.8, 4) is 89.0 Å². The van der Waals surface area contributed by atoms with E-state index in [0.717, 1.165) is 167 Å². The van der Waals surface area contributed by atoms with E-state index in [0.29, 0.717) is 0 Å². The number of hydrogen-bond acceptors (Lipinski definition) is 4. The van der Waals surface area contributed by atoms with Gasteiger partial charge in [0, 0.05) is 72.0 Å². The van der Waals surface area contributed by atoms with Crippen LogP contribution < -0.4 is 26.2 Å². The molecule has 21 rings (SSSR count). The van der Waals surface area contributed by atoms with E-state index in [2.05, 4.69) is 357 Å². The molecule has 98 heavy (non-hydrogen) atoms. The molecule has 0 aliphatic carbocycles. The van der Waals surface area contributed by atoms with Crippen LogP contribution in [0.2, 0.25) is 0 Å². The van der Waals surface area contributed by atoms with Gasteiger partial charge in [0.2, 0.25) is 0 Å². The highest BCUT2D eigenvalue weighted by Gasteiger charge is 2.47. The molecule has 0 N–H and O–H groups in total. The Bertz CT molecular complexity index is 6020. The van der Waals surface area contributed by atoms with Crippen molar-refractivity contribution in [2.75, 3.05) is 9.80 Å². The molecular formula is C93H61BN2O2. The summed E-state index contributed by atoms with van der Waals surface area (Å²) in [6.45, 7) is 4.61. The summed E-state index contributed by atoms with van der Waals surface area (Å²) in [4.78, 5) is 5.39. The lowest BCUT2D eigenvalue weighted by molar-refractivity contribution is 0.641. The number of nitrogens with zero attached hydrogens (tertiary/aromatic N) is 2. The third-order valence-electron chi connectivity index (χ3n) is 21.3. The molecule has 0 amide bonds. The number of fused-ring (bicyclic) bond motifs is 12. The van der Waals surface area contributed by atoms with Crippen LogP contribution in [0.1, 0.15) is 25.0 Å². The monoisotopic (exact) mass is 1250 g/mol. The Kier molecular flexibility index (Phi) is 12.5. The molecule has 0 atom stereocenters. The van der Waals surface area contributed by atoms with E-state index in [4.69, 9.17) is 8.83 Å². The van der Waals surface area contributed by atoms with Gasteiger partial charge < -0.3 is 18.6 Å². The molecule has 4 bridgehead atoms. The van der Waals surface area contributed by atoms with Crippen LogP contribution in [-0.4, -0.2) is 6.71 Å². The molecule has 4 nitrogen and oxygen atoms in total. The zero-order chi connectivity index (χ0) is 64.7. The van der Waals surface area contributed by atoms with E-state index in [9.17, 15) is 0 Å². The fourth-order valence-corrected chi connectivity index (χ4v) is 16.3. The molecule has 17 aromatic rings. The van der Waals surface area contributed by atoms with Gasteiger partial charge in [-0.1, -0.05) is 263 Å². The van der Waals surface area contributed by atoms with Crippen LogP contribution in [0.15, 0.2) is 342 Å². The lowest BCUT2D eigenvalue weighted by Gasteiger charge is -2.46. The van der Waals surface area contributed by atoms with E-state index in [1.807, 2.05) is 0 Å². The van der Waals surface area contributed by atoms with E-state index in [1.165, 1.54) is 27.5 Å². The smallest absolute Gasteiger partial charge is 0.252 e. The van der Waals surface area contributed by atoms with E-state index in [-0.39, 0.29) is 6.71 Å². The molecule has 0 spiro atoms. The third-order valence-corrected chi connectivity index (χ3v) is 21.3. The number of rotatable bonds is 8. The average molecular weight is 1250 g/mol. The Morgan fingerprint density at radius 2 is 0.571 bits per heavy atom. The zero-order valence-corrected chi connectivity index (χ0v) is 54.0. The minimum Gasteiger partial charge on any atom is -0.456 e. The predicted octanol–water partition coefficient (Wildman–Crippen LogP) is 23.5. The first-order chi connectivity index (χ1) is 48.3. The van der Waals surface area contributed by atoms with E-state index >= 15 is 0 Å². The Morgan fingerprint density at radius 1 is 0.245 bits per heavy atom. The quantitative estimate of drug-likeness (QED) is 0.142. The lowest BCUT2D eigenvalue weighted by atomic mass is 9.33. The van der Waals surface area contributed by atoms with Crippen LogP contribution in [0.5, 0.6) is 0 Å². The maximum atomic E-state index is 6.50. The second-order valence-corrected chi connectivity index (χ2v) is 27.1. The van der Waals surface area contributed by atoms with Crippen LogP contribution >= 0.6 is 0 Å². The van der Waals surface area contributed by atoms with Gasteiger partial charge >= 0.3 is 0 Å². The molecule has 0 saturated heterocycles. The van der Waals surface area contributed by atoms with Crippen molar-refractivity contribution in [3.05, 3.63) is 345 Å². The second-order valence-electron chi connectivity index (χ2n) is 27.1. The largest absolute Gasteiger partial charge is 0.456 e. The molecule has 458 valence electrons. The van der Waals surface area contributed by atoms with Gasteiger partial charge in [-0.05, 0) is 179 Å². The Hall–Kier alpha value is -12.4. The normalized spacial score (nSPS) is 13.2. The van der Waals surface area contributed by atoms with E-state index in [1.54, 1.807) is 0 Å². The summed E-state index contributed by atoms with van der Waals surface area (Å²) in [6, 6.07) is 124. The highest BCUT2D eigenvalue weighted by atomic mass is 16.3. The van der Waals surface area contributed by atoms with Crippen molar-refractivity contribution in [2.45, 2.75) is 19.3 Å². The zero-order valence-electron chi connectivity index (χ0n) is 54.0. The van der Waals surface area contributed by atoms with Gasteiger partial charge in [0.15, 0.2) is 0 Å². The molecule has 0 saturated carbocycles. The maximum Gasteiger partial charge on any atom is 0.252 e. The van der Waals surface area contributed by atoms with E-state index < -0.39 is 5.41 Å². The minimum atomic E-state index is -0.498. The first-order valence-corrected chi connectivity index (χ1v) is 34.0. The van der Waals surface area contributed by atoms with Gasteiger partial charge in [-0.3, -0.25) is 0 Å². The summed E-state index contributed by atoms with van der Waals surface area (Å²) < 4.78 is 13.0. The van der Waals surface area contributed by atoms with Gasteiger partial charge in [0.1, 0.15) is 22.3 Å². The fourth-order valence-electron chi connectivity index (χ4n) is 16.3. The predicted molar refractivity (Wildman–Crippen MR) is 411 cm³/mol. The average Bonchev–Trinajstić information content (AvgIpc) is 0.817. The lowest BCUT2D eigenvalue weighted by Crippen LogP contribution is -2.61. The number of furan rings is 2. The number of hydrogen-bond donors (Lipinski definition) is 0. The van der Waals surface area contributed by atoms with Gasteiger partial charge in [-0.25, -0.2) is 0 Å². The fraction of sp³-hybridized carbons (Fsp3) is 0.0323. The summed E-state index contributed by atoms with van der Waals surface area (Å²) in [5, 5.41) is 4.40. The number of benzene rings is 15. The van der Waals surface area contributed by atoms with Crippen molar-refractivity contribution >= 4 is 101 Å². The van der Waals surface area contributed by atoms with Crippen molar-refractivity contribution in [2.24, 2.45) is 0 Å². The van der Waals surface area contributed by atoms with Crippen LogP contribution in [0.25, 0.3) is 133 Å². The highest BCUT2D eigenvalue weighted by Crippen LogP contribution is 2.56. The molecule has 0 fully saturated rings. The van der Waals surface area contributed by atoms with Crippen molar-refractivity contribution in [1.82, 2.24) is 0 Å². The highest BCUT2D eigenvalue weighted by molar-refractivity contribution is 7.00. The van der Waals surface area contributed by atoms with Gasteiger partial charge in [-0.15, -0.1) is 0 Å². The molecule has 2 aromatic heterocycles. The second kappa shape index (κ2) is 21.8. The summed E-state index contributed by atoms with van der Waals surface area (Å²) in [7, 11) is 0. The first-order valence-electron chi connectivity index (χ1n) is 34.0. The standard InChI is InChI=1S/C93H61BN2O2/c1-93(2)70-42-36-63(37-43-70)77-53-69(59-24-10-4-11-25-59)52-76(62-30-16-7-17-31-62)92(77)96-83-55-67(65-41-47-89-79(49-65)73-33-19-21-35-87(73)98-89)39-45-81(83)94-80-44-38-66(64-40-46-88-78(48-64)72-32-18-20-34-86(72)97-88)54-82(80)95(84-56-71(93)57-85(96)90(84)94)91-74(60-26-12-5-13-27-60)50-68(58-22-8-3-9-23-58)51-75(91)61-28-14-6-15-29-61/h3-57H,1-2H3. The third kappa shape index (κ3) is 8.72. The molecule has 15 aromatic carbocycles. The van der Waals surface area contributed by atoms with Crippen molar-refractivity contribution < 1.29 is 8.83 Å². The molecule has 0 radical (unpaired) electrons. The Morgan fingerprint density at radius 3 is 0.980 bits per heavy atom. The van der Waals surface area contributed by atoms with Crippen LogP contribution in [0.3, 0.4) is 0 Å². The number of anilines is 6. The Balaban J connectivity index is 0.950. The summed E-state index contributed by atoms with van der Waals surface area (Å²) in [5.41, 5.74) is 34.0. The van der Waals surface area contributed by atoms with Crippen LogP contribution in [-0.2, 0) is 5.41 Å².